The van der Waals surface area contributed by atoms with Gasteiger partial charge in [-0.15, -0.1) is 11.3 Å². The molecular weight excluding hydrogens is 276 g/mol. The summed E-state index contributed by atoms with van der Waals surface area (Å²) in [5.74, 6) is 0.464. The number of thiophene rings is 1. The molecule has 100 valence electrons. The molecule has 2 heterocycles. The zero-order valence-corrected chi connectivity index (χ0v) is 12.5. The van der Waals surface area contributed by atoms with Crippen LogP contribution in [0.15, 0.2) is 30.5 Å². The maximum Gasteiger partial charge on any atom is 0.0931 e. The minimum atomic E-state index is 0.332. The number of pyridine rings is 1. The third-order valence-electron chi connectivity index (χ3n) is 3.73. The third kappa shape index (κ3) is 2.55. The molecule has 0 saturated heterocycles. The molecule has 0 amide bonds. The van der Waals surface area contributed by atoms with E-state index in [0.29, 0.717) is 12.0 Å². The van der Waals surface area contributed by atoms with Gasteiger partial charge in [0.1, 0.15) is 0 Å². The lowest BCUT2D eigenvalue weighted by Crippen LogP contribution is -2.25. The first-order chi connectivity index (χ1) is 9.29. The second-order valence-electron chi connectivity index (χ2n) is 4.87. The summed E-state index contributed by atoms with van der Waals surface area (Å²) in [6.45, 7) is 3.11. The highest BCUT2D eigenvalue weighted by atomic mass is 35.5. The van der Waals surface area contributed by atoms with Gasteiger partial charge in [-0.2, -0.15) is 0 Å². The topological polar surface area (TPSA) is 24.9 Å². The Kier molecular flexibility index (Phi) is 3.87. The van der Waals surface area contributed by atoms with Gasteiger partial charge in [0.2, 0.25) is 0 Å². The fraction of sp³-hybridized carbons (Fsp3) is 0.400. The van der Waals surface area contributed by atoms with E-state index in [0.717, 1.165) is 17.3 Å². The van der Waals surface area contributed by atoms with Crippen molar-refractivity contribution in [2.75, 3.05) is 6.54 Å². The van der Waals surface area contributed by atoms with Crippen LogP contribution in [0.25, 0.3) is 0 Å². The van der Waals surface area contributed by atoms with E-state index in [1.54, 1.807) is 11.3 Å². The number of hydrogen-bond donors (Lipinski definition) is 1. The summed E-state index contributed by atoms with van der Waals surface area (Å²) in [6, 6.07) is 8.69. The average Bonchev–Trinajstić information content (AvgIpc) is 3.03. The van der Waals surface area contributed by atoms with E-state index in [1.165, 1.54) is 22.6 Å². The van der Waals surface area contributed by atoms with Crippen LogP contribution in [0.5, 0.6) is 0 Å². The number of nitrogens with one attached hydrogen (secondary N) is 1. The monoisotopic (exact) mass is 292 g/mol. The molecule has 4 heteroatoms. The molecule has 0 radical (unpaired) electrons. The van der Waals surface area contributed by atoms with Crippen LogP contribution in [0.3, 0.4) is 0 Å². The van der Waals surface area contributed by atoms with Crippen molar-refractivity contribution < 1.29 is 0 Å². The van der Waals surface area contributed by atoms with Crippen LogP contribution in [0.1, 0.15) is 41.4 Å². The highest BCUT2D eigenvalue weighted by Gasteiger charge is 2.32. The van der Waals surface area contributed by atoms with Gasteiger partial charge in [0.15, 0.2) is 0 Å². The molecule has 2 aromatic rings. The molecule has 19 heavy (non-hydrogen) atoms. The molecule has 0 fully saturated rings. The molecule has 1 aliphatic rings. The first kappa shape index (κ1) is 13.1. The Bertz CT molecular complexity index is 567. The highest BCUT2D eigenvalue weighted by Crippen LogP contribution is 2.42. The highest BCUT2D eigenvalue weighted by molar-refractivity contribution is 7.16. The number of rotatable bonds is 4. The van der Waals surface area contributed by atoms with Gasteiger partial charge in [-0.25, -0.2) is 0 Å². The quantitative estimate of drug-likeness (QED) is 0.914. The largest absolute Gasteiger partial charge is 0.309 e. The summed E-state index contributed by atoms with van der Waals surface area (Å²) < 4.78 is 0.858. The van der Waals surface area contributed by atoms with Gasteiger partial charge in [0.25, 0.3) is 0 Å². The van der Waals surface area contributed by atoms with Gasteiger partial charge >= 0.3 is 0 Å². The Morgan fingerprint density at radius 2 is 2.37 bits per heavy atom. The summed E-state index contributed by atoms with van der Waals surface area (Å²) in [5, 5.41) is 3.61. The summed E-state index contributed by atoms with van der Waals surface area (Å²) in [5.41, 5.74) is 2.66. The van der Waals surface area contributed by atoms with Crippen molar-refractivity contribution in [3.05, 3.63) is 50.9 Å². The van der Waals surface area contributed by atoms with Crippen molar-refractivity contribution in [2.45, 2.75) is 31.7 Å². The molecular formula is C15H17ClN2S. The van der Waals surface area contributed by atoms with Crippen LogP contribution >= 0.6 is 22.9 Å². The third-order valence-corrected chi connectivity index (χ3v) is 5.04. The Balaban J connectivity index is 1.94. The first-order valence-corrected chi connectivity index (χ1v) is 7.91. The smallest absolute Gasteiger partial charge is 0.0931 e. The normalized spacial score (nSPS) is 19.4. The average molecular weight is 293 g/mol. The summed E-state index contributed by atoms with van der Waals surface area (Å²) >= 11 is 7.76. The number of aryl methyl sites for hydroxylation is 1. The molecule has 2 unspecified atom stereocenters. The maximum atomic E-state index is 6.09. The number of halogens is 1. The lowest BCUT2D eigenvalue weighted by Gasteiger charge is -2.23. The molecule has 2 atom stereocenters. The van der Waals surface area contributed by atoms with E-state index in [-0.39, 0.29) is 0 Å². The summed E-state index contributed by atoms with van der Waals surface area (Å²) in [4.78, 5) is 5.92. The van der Waals surface area contributed by atoms with Crippen LogP contribution in [0, 0.1) is 0 Å². The Morgan fingerprint density at radius 1 is 1.47 bits per heavy atom. The van der Waals surface area contributed by atoms with E-state index < -0.39 is 0 Å². The minimum Gasteiger partial charge on any atom is -0.309 e. The molecule has 1 aliphatic carbocycles. The second-order valence-corrected chi connectivity index (χ2v) is 6.62. The number of nitrogens with zero attached hydrogens (tertiary/aromatic N) is 1. The molecule has 2 aromatic heterocycles. The molecule has 0 spiro atoms. The van der Waals surface area contributed by atoms with Crippen LogP contribution in [0.4, 0.5) is 0 Å². The standard InChI is InChI=1S/C15H17ClN2S/c1-2-17-15(12-7-8-13(16)19-12)11-6-5-10-4-3-9-18-14(10)11/h3-4,7-9,11,15,17H,2,5-6H2,1H3. The molecule has 3 rings (SSSR count). The van der Waals surface area contributed by atoms with E-state index in [1.807, 2.05) is 18.3 Å². The lowest BCUT2D eigenvalue weighted by molar-refractivity contribution is 0.453. The number of hydrogen-bond acceptors (Lipinski definition) is 3. The summed E-state index contributed by atoms with van der Waals surface area (Å²) in [7, 11) is 0. The van der Waals surface area contributed by atoms with Gasteiger partial charge in [0.05, 0.1) is 4.34 Å². The zero-order chi connectivity index (χ0) is 13.2. The number of fused-ring (bicyclic) bond motifs is 1. The van der Waals surface area contributed by atoms with E-state index >= 15 is 0 Å². The SMILES string of the molecule is CCNC(c1ccc(Cl)s1)C1CCc2cccnc21. The minimum absolute atomic E-state index is 0.332. The van der Waals surface area contributed by atoms with Crippen molar-refractivity contribution >= 4 is 22.9 Å². The van der Waals surface area contributed by atoms with E-state index in [4.69, 9.17) is 11.6 Å². The molecule has 0 saturated carbocycles. The van der Waals surface area contributed by atoms with Crippen molar-refractivity contribution in [1.82, 2.24) is 10.3 Å². The second kappa shape index (κ2) is 5.61. The predicted molar refractivity (Wildman–Crippen MR) is 81.0 cm³/mol. The van der Waals surface area contributed by atoms with Gasteiger partial charge in [-0.05, 0) is 43.1 Å². The number of likely N-dealkylation sites (N-methyl/N-ethyl adjacent to an activating group) is 1. The van der Waals surface area contributed by atoms with Crippen molar-refractivity contribution in [1.29, 1.82) is 0 Å². The van der Waals surface area contributed by atoms with Crippen molar-refractivity contribution in [2.24, 2.45) is 0 Å². The van der Waals surface area contributed by atoms with Crippen molar-refractivity contribution in [3.63, 3.8) is 0 Å². The lowest BCUT2D eigenvalue weighted by atomic mass is 9.95. The first-order valence-electron chi connectivity index (χ1n) is 6.72. The van der Waals surface area contributed by atoms with Gasteiger partial charge in [-0.3, -0.25) is 4.98 Å². The number of aromatic nitrogens is 1. The molecule has 2 nitrogen and oxygen atoms in total. The zero-order valence-electron chi connectivity index (χ0n) is 10.9. The summed E-state index contributed by atoms with van der Waals surface area (Å²) in [6.07, 6.45) is 4.20. The van der Waals surface area contributed by atoms with Crippen LogP contribution < -0.4 is 5.32 Å². The van der Waals surface area contributed by atoms with Crippen LogP contribution in [-0.4, -0.2) is 11.5 Å². The van der Waals surface area contributed by atoms with E-state index in [2.05, 4.69) is 29.4 Å². The van der Waals surface area contributed by atoms with Gasteiger partial charge in [-0.1, -0.05) is 24.6 Å². The molecule has 1 N–H and O–H groups in total. The van der Waals surface area contributed by atoms with Crippen molar-refractivity contribution in [3.8, 4) is 0 Å². The van der Waals surface area contributed by atoms with Gasteiger partial charge in [0, 0.05) is 28.7 Å². The molecule has 0 bridgehead atoms. The van der Waals surface area contributed by atoms with E-state index in [9.17, 15) is 0 Å². The fourth-order valence-electron chi connectivity index (χ4n) is 2.92. The molecule has 0 aliphatic heterocycles. The Labute approximate surface area is 122 Å². The Morgan fingerprint density at radius 3 is 3.11 bits per heavy atom. The Hall–Kier alpha value is -0.900. The van der Waals surface area contributed by atoms with Crippen LogP contribution in [-0.2, 0) is 6.42 Å². The van der Waals surface area contributed by atoms with Gasteiger partial charge < -0.3 is 5.32 Å². The fourth-order valence-corrected chi connectivity index (χ4v) is 4.13. The van der Waals surface area contributed by atoms with Crippen LogP contribution in [0.2, 0.25) is 4.34 Å². The molecule has 0 aromatic carbocycles. The predicted octanol–water partition coefficient (Wildman–Crippen LogP) is 4.18. The maximum absolute atomic E-state index is 6.09.